The van der Waals surface area contributed by atoms with Crippen molar-refractivity contribution in [3.63, 3.8) is 0 Å². The zero-order chi connectivity index (χ0) is 26.8. The molecule has 36 heavy (non-hydrogen) atoms. The largest absolute Gasteiger partial charge is 0.508 e. The topological polar surface area (TPSA) is 211 Å². The first kappa shape index (κ1) is 28.1. The summed E-state index contributed by atoms with van der Waals surface area (Å²) >= 11 is 0. The smallest absolute Gasteiger partial charge is 0.326 e. The lowest BCUT2D eigenvalue weighted by atomic mass is 10.1. The minimum Gasteiger partial charge on any atom is -0.508 e. The average molecular weight is 503 g/mol. The van der Waals surface area contributed by atoms with Gasteiger partial charge in [-0.2, -0.15) is 0 Å². The van der Waals surface area contributed by atoms with Crippen LogP contribution in [0.3, 0.4) is 0 Å². The first-order chi connectivity index (χ1) is 17.0. The van der Waals surface area contributed by atoms with Gasteiger partial charge in [-0.05, 0) is 48.7 Å². The second-order valence-electron chi connectivity index (χ2n) is 8.22. The molecule has 0 saturated heterocycles. The highest BCUT2D eigenvalue weighted by molar-refractivity contribution is 5.94. The van der Waals surface area contributed by atoms with E-state index >= 15 is 0 Å². The molecule has 2 aromatic carbocycles. The zero-order valence-corrected chi connectivity index (χ0v) is 19.5. The Hall–Kier alpha value is -4.16. The quantitative estimate of drug-likeness (QED) is 0.174. The lowest BCUT2D eigenvalue weighted by Gasteiger charge is -2.22. The maximum Gasteiger partial charge on any atom is 0.326 e. The van der Waals surface area contributed by atoms with Gasteiger partial charge < -0.3 is 42.1 Å². The number of carbonyl (C=O) groups is 4. The van der Waals surface area contributed by atoms with Crippen molar-refractivity contribution in [3.8, 4) is 11.5 Å². The highest BCUT2D eigenvalue weighted by Crippen LogP contribution is 2.12. The molecular formula is C24H30N4O8. The fourth-order valence-corrected chi connectivity index (χ4v) is 3.20. The molecule has 2 aromatic rings. The normalized spacial score (nSPS) is 14.1. The summed E-state index contributed by atoms with van der Waals surface area (Å²) in [5.41, 5.74) is 7.12. The van der Waals surface area contributed by atoms with E-state index in [1.54, 1.807) is 12.1 Å². The molecule has 0 aliphatic heterocycles. The third kappa shape index (κ3) is 8.56. The number of aliphatic hydroxyl groups excluding tert-OH is 1. The van der Waals surface area contributed by atoms with Crippen LogP contribution in [0, 0.1) is 0 Å². The number of phenols is 2. The molecule has 4 unspecified atom stereocenters. The van der Waals surface area contributed by atoms with Gasteiger partial charge in [0.1, 0.15) is 29.6 Å². The van der Waals surface area contributed by atoms with Crippen LogP contribution in [0.1, 0.15) is 18.1 Å². The van der Waals surface area contributed by atoms with E-state index in [2.05, 4.69) is 16.0 Å². The molecule has 9 N–H and O–H groups in total. The number of aliphatic carboxylic acids is 1. The van der Waals surface area contributed by atoms with Gasteiger partial charge in [-0.15, -0.1) is 0 Å². The van der Waals surface area contributed by atoms with E-state index in [1.165, 1.54) is 43.3 Å². The van der Waals surface area contributed by atoms with Crippen molar-refractivity contribution in [2.24, 2.45) is 5.73 Å². The molecule has 0 spiro atoms. The molecule has 0 bridgehead atoms. The minimum absolute atomic E-state index is 0.000220. The highest BCUT2D eigenvalue weighted by atomic mass is 16.4. The van der Waals surface area contributed by atoms with E-state index in [1.807, 2.05) is 0 Å². The molecule has 12 nitrogen and oxygen atoms in total. The monoisotopic (exact) mass is 502 g/mol. The van der Waals surface area contributed by atoms with Crippen LogP contribution in [0.5, 0.6) is 11.5 Å². The Kier molecular flexibility index (Phi) is 10.2. The van der Waals surface area contributed by atoms with Crippen LogP contribution in [0.2, 0.25) is 0 Å². The number of amides is 3. The number of nitrogens with one attached hydrogen (secondary N) is 3. The van der Waals surface area contributed by atoms with Crippen molar-refractivity contribution in [3.05, 3.63) is 59.7 Å². The molecule has 3 amide bonds. The van der Waals surface area contributed by atoms with Gasteiger partial charge in [-0.25, -0.2) is 4.79 Å². The van der Waals surface area contributed by atoms with Gasteiger partial charge in [0.25, 0.3) is 0 Å². The van der Waals surface area contributed by atoms with Crippen LogP contribution in [-0.4, -0.2) is 74.9 Å². The number of aliphatic hydroxyl groups is 1. The number of rotatable bonds is 12. The van der Waals surface area contributed by atoms with E-state index in [0.29, 0.717) is 11.1 Å². The highest BCUT2D eigenvalue weighted by Gasteiger charge is 2.28. The van der Waals surface area contributed by atoms with E-state index in [0.717, 1.165) is 0 Å². The van der Waals surface area contributed by atoms with Gasteiger partial charge in [0.2, 0.25) is 17.7 Å². The molecular weight excluding hydrogens is 472 g/mol. The molecule has 2 rings (SSSR count). The van der Waals surface area contributed by atoms with Gasteiger partial charge in [0.05, 0.1) is 12.6 Å². The summed E-state index contributed by atoms with van der Waals surface area (Å²) in [4.78, 5) is 49.0. The van der Waals surface area contributed by atoms with Gasteiger partial charge in [-0.3, -0.25) is 14.4 Å². The minimum atomic E-state index is -1.47. The molecule has 0 aliphatic rings. The lowest BCUT2D eigenvalue weighted by Crippen LogP contribution is -2.57. The van der Waals surface area contributed by atoms with Gasteiger partial charge >= 0.3 is 5.97 Å². The van der Waals surface area contributed by atoms with E-state index in [9.17, 15) is 39.6 Å². The summed E-state index contributed by atoms with van der Waals surface area (Å²) in [7, 11) is 0. The van der Waals surface area contributed by atoms with Gasteiger partial charge in [-0.1, -0.05) is 24.3 Å². The average Bonchev–Trinajstić information content (AvgIpc) is 2.84. The number of carboxylic acids is 1. The van der Waals surface area contributed by atoms with Crippen LogP contribution in [-0.2, 0) is 32.0 Å². The van der Waals surface area contributed by atoms with E-state index in [4.69, 9.17) is 5.73 Å². The standard InChI is InChI=1S/C24H30N4O8/c1-13(26-22(33)18(25)10-14-2-6-16(30)7-3-14)21(32)28-20(12-29)23(34)27-19(24(35)36)11-15-4-8-17(31)9-5-15/h2-9,13,18-20,29-31H,10-12,25H2,1H3,(H,26,33)(H,27,34)(H,28,32)(H,35,36). The Morgan fingerprint density at radius 2 is 1.22 bits per heavy atom. The zero-order valence-electron chi connectivity index (χ0n) is 19.5. The Morgan fingerprint density at radius 1 is 0.750 bits per heavy atom. The van der Waals surface area contributed by atoms with E-state index < -0.39 is 54.5 Å². The second-order valence-corrected chi connectivity index (χ2v) is 8.22. The van der Waals surface area contributed by atoms with E-state index in [-0.39, 0.29) is 24.3 Å². The van der Waals surface area contributed by atoms with Crippen molar-refractivity contribution in [2.75, 3.05) is 6.61 Å². The molecule has 0 radical (unpaired) electrons. The Bertz CT molecular complexity index is 1060. The van der Waals surface area contributed by atoms with Crippen molar-refractivity contribution >= 4 is 23.7 Å². The lowest BCUT2D eigenvalue weighted by molar-refractivity contribution is -0.142. The number of benzene rings is 2. The number of hydrogen-bond donors (Lipinski definition) is 8. The molecule has 0 heterocycles. The number of carboxylic acid groups (broad SMARTS) is 1. The fraction of sp³-hybridized carbons (Fsp3) is 0.333. The van der Waals surface area contributed by atoms with Crippen LogP contribution in [0.25, 0.3) is 0 Å². The summed E-state index contributed by atoms with van der Waals surface area (Å²) < 4.78 is 0. The summed E-state index contributed by atoms with van der Waals surface area (Å²) in [5.74, 6) is -3.61. The first-order valence-corrected chi connectivity index (χ1v) is 11.1. The van der Waals surface area contributed by atoms with Crippen LogP contribution < -0.4 is 21.7 Å². The van der Waals surface area contributed by atoms with Crippen molar-refractivity contribution in [1.29, 1.82) is 0 Å². The van der Waals surface area contributed by atoms with Crippen molar-refractivity contribution in [2.45, 2.75) is 43.9 Å². The number of nitrogens with two attached hydrogens (primary N) is 1. The summed E-state index contributed by atoms with van der Waals surface area (Å²) in [6.07, 6.45) is 0.0541. The molecule has 0 aromatic heterocycles. The van der Waals surface area contributed by atoms with Crippen molar-refractivity contribution in [1.82, 2.24) is 16.0 Å². The number of phenolic OH excluding ortho intramolecular Hbond substituents is 2. The predicted molar refractivity (Wildman–Crippen MR) is 128 cm³/mol. The Balaban J connectivity index is 1.91. The summed E-state index contributed by atoms with van der Waals surface area (Å²) in [6, 6.07) is 6.94. The second kappa shape index (κ2) is 13.1. The predicted octanol–water partition coefficient (Wildman–Crippen LogP) is -1.24. The SMILES string of the molecule is CC(NC(=O)C(N)Cc1ccc(O)cc1)C(=O)NC(CO)C(=O)NC(Cc1ccc(O)cc1)C(=O)O. The third-order valence-electron chi connectivity index (χ3n) is 5.29. The summed E-state index contributed by atoms with van der Waals surface area (Å²) in [6.45, 7) is 0.544. The Morgan fingerprint density at radius 3 is 1.69 bits per heavy atom. The van der Waals surface area contributed by atoms with Crippen LogP contribution >= 0.6 is 0 Å². The van der Waals surface area contributed by atoms with Crippen molar-refractivity contribution < 1.29 is 39.6 Å². The maximum absolute atomic E-state index is 12.5. The molecule has 12 heteroatoms. The fourth-order valence-electron chi connectivity index (χ4n) is 3.20. The summed E-state index contributed by atoms with van der Waals surface area (Å²) in [5, 5.41) is 44.6. The first-order valence-electron chi connectivity index (χ1n) is 11.1. The number of carbonyl (C=O) groups excluding carboxylic acids is 3. The molecule has 0 saturated carbocycles. The van der Waals surface area contributed by atoms with Crippen LogP contribution in [0.15, 0.2) is 48.5 Å². The third-order valence-corrected chi connectivity index (χ3v) is 5.29. The molecule has 194 valence electrons. The maximum atomic E-state index is 12.5. The molecule has 4 atom stereocenters. The van der Waals surface area contributed by atoms with Gasteiger partial charge in [0, 0.05) is 6.42 Å². The van der Waals surface area contributed by atoms with Crippen LogP contribution in [0.4, 0.5) is 0 Å². The number of aromatic hydroxyl groups is 2. The molecule has 0 aliphatic carbocycles. The van der Waals surface area contributed by atoms with Gasteiger partial charge in [0.15, 0.2) is 0 Å². The Labute approximate surface area is 207 Å². The molecule has 0 fully saturated rings. The number of hydrogen-bond acceptors (Lipinski definition) is 8.